The van der Waals surface area contributed by atoms with Crippen molar-refractivity contribution in [2.24, 2.45) is 5.84 Å². The standard InChI is InChI=1S/C15H11Br2FN2O/c16-9-4-5-11(17)10(7-9)14(20-19)13-6-8-2-1-3-12(18)15(8)21-13/h1-7,14,20H,19H2. The Morgan fingerprint density at radius 1 is 1.14 bits per heavy atom. The molecule has 1 unspecified atom stereocenters. The van der Waals surface area contributed by atoms with Crippen LogP contribution in [0.15, 0.2) is 55.8 Å². The Bertz CT molecular complexity index is 803. The summed E-state index contributed by atoms with van der Waals surface area (Å²) in [5.41, 5.74) is 3.85. The Hall–Kier alpha value is -1.21. The third-order valence-electron chi connectivity index (χ3n) is 3.24. The molecular weight excluding hydrogens is 403 g/mol. The second-order valence-electron chi connectivity index (χ2n) is 4.57. The summed E-state index contributed by atoms with van der Waals surface area (Å²) in [5.74, 6) is 5.84. The van der Waals surface area contributed by atoms with Gasteiger partial charge in [-0.25, -0.2) is 9.82 Å². The number of fused-ring (bicyclic) bond motifs is 1. The minimum Gasteiger partial charge on any atom is -0.456 e. The van der Waals surface area contributed by atoms with E-state index in [2.05, 4.69) is 37.3 Å². The summed E-state index contributed by atoms with van der Waals surface area (Å²) in [6, 6.07) is 12.0. The molecule has 0 spiro atoms. The second kappa shape index (κ2) is 5.88. The van der Waals surface area contributed by atoms with E-state index in [0.29, 0.717) is 11.1 Å². The van der Waals surface area contributed by atoms with Crippen LogP contribution in [0.3, 0.4) is 0 Å². The molecule has 0 radical (unpaired) electrons. The highest BCUT2D eigenvalue weighted by atomic mass is 79.9. The van der Waals surface area contributed by atoms with E-state index in [9.17, 15) is 4.39 Å². The summed E-state index contributed by atoms with van der Waals surface area (Å²) in [7, 11) is 0. The maximum Gasteiger partial charge on any atom is 0.169 e. The first-order valence-corrected chi connectivity index (χ1v) is 7.78. The van der Waals surface area contributed by atoms with Crippen LogP contribution in [0.2, 0.25) is 0 Å². The summed E-state index contributed by atoms with van der Waals surface area (Å²) >= 11 is 6.93. The monoisotopic (exact) mass is 412 g/mol. The first-order chi connectivity index (χ1) is 10.1. The Balaban J connectivity index is 2.13. The summed E-state index contributed by atoms with van der Waals surface area (Å²) in [6.07, 6.45) is 0. The maximum absolute atomic E-state index is 13.8. The van der Waals surface area contributed by atoms with Crippen molar-refractivity contribution in [2.45, 2.75) is 6.04 Å². The first-order valence-electron chi connectivity index (χ1n) is 6.19. The number of nitrogens with one attached hydrogen (secondary N) is 1. The molecule has 3 nitrogen and oxygen atoms in total. The van der Waals surface area contributed by atoms with Crippen molar-refractivity contribution in [3.05, 3.63) is 68.6 Å². The van der Waals surface area contributed by atoms with Gasteiger partial charge in [0, 0.05) is 14.3 Å². The van der Waals surface area contributed by atoms with Gasteiger partial charge >= 0.3 is 0 Å². The van der Waals surface area contributed by atoms with E-state index < -0.39 is 0 Å². The van der Waals surface area contributed by atoms with E-state index in [0.717, 1.165) is 14.5 Å². The second-order valence-corrected chi connectivity index (χ2v) is 6.34. The zero-order chi connectivity index (χ0) is 15.0. The summed E-state index contributed by atoms with van der Waals surface area (Å²) in [6.45, 7) is 0. The number of halogens is 3. The molecule has 3 N–H and O–H groups in total. The van der Waals surface area contributed by atoms with Crippen LogP contribution < -0.4 is 11.3 Å². The van der Waals surface area contributed by atoms with Crippen LogP contribution in [0.1, 0.15) is 17.4 Å². The predicted molar refractivity (Wildman–Crippen MR) is 87.2 cm³/mol. The third-order valence-corrected chi connectivity index (χ3v) is 4.45. The zero-order valence-corrected chi connectivity index (χ0v) is 13.9. The molecule has 1 heterocycles. The lowest BCUT2D eigenvalue weighted by Crippen LogP contribution is -2.28. The van der Waals surface area contributed by atoms with E-state index in [4.69, 9.17) is 10.3 Å². The topological polar surface area (TPSA) is 51.2 Å². The molecule has 0 fully saturated rings. The summed E-state index contributed by atoms with van der Waals surface area (Å²) < 4.78 is 21.2. The van der Waals surface area contributed by atoms with Crippen molar-refractivity contribution in [1.82, 2.24) is 5.43 Å². The van der Waals surface area contributed by atoms with Gasteiger partial charge in [0.1, 0.15) is 11.8 Å². The molecule has 0 saturated carbocycles. The lowest BCUT2D eigenvalue weighted by molar-refractivity contribution is 0.464. The minimum absolute atomic E-state index is 0.235. The average molecular weight is 414 g/mol. The van der Waals surface area contributed by atoms with Crippen LogP contribution in [0.4, 0.5) is 4.39 Å². The fraction of sp³-hybridized carbons (Fsp3) is 0.0667. The van der Waals surface area contributed by atoms with Crippen molar-refractivity contribution in [3.8, 4) is 0 Å². The highest BCUT2D eigenvalue weighted by Gasteiger charge is 2.21. The van der Waals surface area contributed by atoms with Gasteiger partial charge in [0.15, 0.2) is 11.4 Å². The van der Waals surface area contributed by atoms with Crippen LogP contribution in [-0.4, -0.2) is 0 Å². The number of hydrogen-bond acceptors (Lipinski definition) is 3. The van der Waals surface area contributed by atoms with Crippen molar-refractivity contribution < 1.29 is 8.81 Å². The number of hydrazine groups is 1. The zero-order valence-electron chi connectivity index (χ0n) is 10.7. The van der Waals surface area contributed by atoms with Gasteiger partial charge < -0.3 is 4.42 Å². The van der Waals surface area contributed by atoms with Crippen molar-refractivity contribution in [2.75, 3.05) is 0 Å². The molecule has 3 rings (SSSR count). The van der Waals surface area contributed by atoms with Gasteiger partial charge in [0.05, 0.1) is 0 Å². The highest BCUT2D eigenvalue weighted by Crippen LogP contribution is 2.33. The number of furan rings is 1. The van der Waals surface area contributed by atoms with Crippen molar-refractivity contribution in [3.63, 3.8) is 0 Å². The van der Waals surface area contributed by atoms with Crippen LogP contribution in [-0.2, 0) is 0 Å². The molecule has 3 aromatic rings. The molecule has 0 aliphatic rings. The fourth-order valence-corrected chi connectivity index (χ4v) is 3.11. The molecule has 1 atom stereocenters. The van der Waals surface area contributed by atoms with Gasteiger partial charge in [-0.2, -0.15) is 0 Å². The van der Waals surface area contributed by atoms with Crippen LogP contribution >= 0.6 is 31.9 Å². The largest absolute Gasteiger partial charge is 0.456 e. The summed E-state index contributed by atoms with van der Waals surface area (Å²) in [4.78, 5) is 0. The Morgan fingerprint density at radius 2 is 1.95 bits per heavy atom. The first kappa shape index (κ1) is 14.7. The van der Waals surface area contributed by atoms with Crippen molar-refractivity contribution >= 4 is 42.8 Å². The van der Waals surface area contributed by atoms with Gasteiger partial charge in [-0.1, -0.05) is 44.0 Å². The fourth-order valence-electron chi connectivity index (χ4n) is 2.25. The highest BCUT2D eigenvalue weighted by molar-refractivity contribution is 9.11. The Morgan fingerprint density at radius 3 is 2.67 bits per heavy atom. The number of hydrogen-bond donors (Lipinski definition) is 2. The van der Waals surface area contributed by atoms with E-state index in [1.807, 2.05) is 18.2 Å². The van der Waals surface area contributed by atoms with E-state index in [1.165, 1.54) is 6.07 Å². The van der Waals surface area contributed by atoms with E-state index in [-0.39, 0.29) is 17.4 Å². The Kier molecular flexibility index (Phi) is 4.12. The third kappa shape index (κ3) is 2.76. The molecule has 0 aliphatic carbocycles. The number of rotatable bonds is 3. The molecule has 6 heteroatoms. The van der Waals surface area contributed by atoms with E-state index >= 15 is 0 Å². The molecule has 0 aliphatic heterocycles. The van der Waals surface area contributed by atoms with Gasteiger partial charge in [-0.05, 0) is 35.9 Å². The lowest BCUT2D eigenvalue weighted by Gasteiger charge is -2.15. The number of benzene rings is 2. The Labute approximate surface area is 137 Å². The van der Waals surface area contributed by atoms with Crippen molar-refractivity contribution in [1.29, 1.82) is 0 Å². The average Bonchev–Trinajstić information content (AvgIpc) is 2.89. The molecule has 1 aromatic heterocycles. The smallest absolute Gasteiger partial charge is 0.169 e. The van der Waals surface area contributed by atoms with Gasteiger partial charge in [-0.3, -0.25) is 5.84 Å². The maximum atomic E-state index is 13.8. The number of para-hydroxylation sites is 1. The van der Waals surface area contributed by atoms with Gasteiger partial charge in [0.25, 0.3) is 0 Å². The van der Waals surface area contributed by atoms with Crippen LogP contribution in [0.5, 0.6) is 0 Å². The normalized spacial score (nSPS) is 12.8. The molecule has 108 valence electrons. The SMILES string of the molecule is NNC(c1cc2cccc(F)c2o1)c1cc(Br)ccc1Br. The van der Waals surface area contributed by atoms with Gasteiger partial charge in [-0.15, -0.1) is 0 Å². The lowest BCUT2D eigenvalue weighted by atomic mass is 10.1. The van der Waals surface area contributed by atoms with Crippen LogP contribution in [0, 0.1) is 5.82 Å². The molecular formula is C15H11Br2FN2O. The van der Waals surface area contributed by atoms with E-state index in [1.54, 1.807) is 18.2 Å². The molecule has 21 heavy (non-hydrogen) atoms. The molecule has 2 aromatic carbocycles. The molecule has 0 saturated heterocycles. The minimum atomic E-state index is -0.386. The number of nitrogens with two attached hydrogens (primary N) is 1. The predicted octanol–water partition coefficient (Wildman–Crippen LogP) is 4.65. The van der Waals surface area contributed by atoms with Crippen LogP contribution in [0.25, 0.3) is 11.0 Å². The van der Waals surface area contributed by atoms with Gasteiger partial charge in [0.2, 0.25) is 0 Å². The molecule has 0 bridgehead atoms. The quantitative estimate of drug-likeness (QED) is 0.485. The summed E-state index contributed by atoms with van der Waals surface area (Å²) in [5, 5.41) is 0.705. The molecule has 0 amide bonds.